The van der Waals surface area contributed by atoms with Gasteiger partial charge in [-0.3, -0.25) is 0 Å². The number of likely N-dealkylation sites (N-methyl/N-ethyl adjacent to an activating group) is 1. The van der Waals surface area contributed by atoms with Crippen LogP contribution < -0.4 is 15.4 Å². The Balaban J connectivity index is 1.33. The summed E-state index contributed by atoms with van der Waals surface area (Å²) in [4.78, 5) is 7.69. The minimum Gasteiger partial charge on any atom is -0.457 e. The summed E-state index contributed by atoms with van der Waals surface area (Å²) >= 11 is 0. The highest BCUT2D eigenvalue weighted by molar-refractivity contribution is 7.91. The Morgan fingerprint density at radius 1 is 1.12 bits per heavy atom. The lowest BCUT2D eigenvalue weighted by Crippen LogP contribution is -2.41. The van der Waals surface area contributed by atoms with E-state index in [4.69, 9.17) is 15.0 Å². The highest BCUT2D eigenvalue weighted by Crippen LogP contribution is 2.39. The molecule has 0 spiro atoms. The van der Waals surface area contributed by atoms with Crippen LogP contribution in [0.15, 0.2) is 76.1 Å². The lowest BCUT2D eigenvalue weighted by Gasteiger charge is -2.32. The molecule has 1 saturated heterocycles. The summed E-state index contributed by atoms with van der Waals surface area (Å²) in [6, 6.07) is 18.4. The molecule has 1 aromatic heterocycles. The molecule has 12 heteroatoms. The average molecular weight is 596 g/mol. The maximum Gasteiger partial charge on any atom is 0.265 e. The number of rotatable bonds is 6. The van der Waals surface area contributed by atoms with Crippen molar-refractivity contribution in [1.29, 1.82) is 0 Å². The molecule has 42 heavy (non-hydrogen) atoms. The Labute approximate surface area is 242 Å². The molecule has 0 bridgehead atoms. The van der Waals surface area contributed by atoms with E-state index in [-0.39, 0.29) is 53.1 Å². The Morgan fingerprint density at radius 3 is 2.60 bits per heavy atom. The maximum absolute atomic E-state index is 15.7. The number of nitrogens with zero attached hydrogens (tertiary/aromatic N) is 4. The number of benzene rings is 3. The van der Waals surface area contributed by atoms with Crippen molar-refractivity contribution in [3.63, 3.8) is 0 Å². The van der Waals surface area contributed by atoms with Crippen LogP contribution in [0.3, 0.4) is 0 Å². The minimum absolute atomic E-state index is 0.0837. The fraction of sp³-hybridized carbons (Fsp3) is 0.333. The number of ether oxygens (including phenoxy) is 1. The molecular weight excluding hydrogens is 564 g/mol. The van der Waals surface area contributed by atoms with E-state index in [1.54, 1.807) is 11.9 Å². The van der Waals surface area contributed by atoms with Crippen molar-refractivity contribution in [2.24, 2.45) is 5.73 Å². The van der Waals surface area contributed by atoms with Crippen molar-refractivity contribution in [1.82, 2.24) is 15.0 Å². The number of fused-ring (bicyclic) bond motifs is 1. The van der Waals surface area contributed by atoms with E-state index in [2.05, 4.69) is 10.1 Å². The molecule has 0 amide bonds. The minimum atomic E-state index is -3.90. The van der Waals surface area contributed by atoms with Crippen LogP contribution in [0, 0.1) is 5.82 Å². The molecule has 6 rings (SSSR count). The van der Waals surface area contributed by atoms with E-state index >= 15 is 8.78 Å². The van der Waals surface area contributed by atoms with Gasteiger partial charge < -0.3 is 24.8 Å². The summed E-state index contributed by atoms with van der Waals surface area (Å²) in [6.45, 7) is 1.34. The van der Waals surface area contributed by atoms with Crippen molar-refractivity contribution < 1.29 is 26.5 Å². The van der Waals surface area contributed by atoms with Gasteiger partial charge in [0.15, 0.2) is 9.84 Å². The first-order valence-electron chi connectivity index (χ1n) is 13.7. The third kappa shape index (κ3) is 5.74. The molecule has 1 fully saturated rings. The molecule has 4 aromatic rings. The SMILES string of the molecule is CN1CCCC(F)(c2nc(-c3cc4c(cc3F)S(=O)(=O)C[C@H](N)CN4Cc3ccc(Oc4ccccc4)cc3)no2)C1. The summed E-state index contributed by atoms with van der Waals surface area (Å²) in [6.07, 6.45) is 0.828. The lowest BCUT2D eigenvalue weighted by atomic mass is 9.95. The van der Waals surface area contributed by atoms with Crippen LogP contribution in [-0.2, 0) is 22.1 Å². The zero-order chi connectivity index (χ0) is 29.5. The zero-order valence-electron chi connectivity index (χ0n) is 23.0. The molecule has 2 aliphatic heterocycles. The number of likely N-dealkylation sites (tertiary alicyclic amines) is 1. The van der Waals surface area contributed by atoms with Gasteiger partial charge in [-0.05, 0) is 68.4 Å². The first-order valence-corrected chi connectivity index (χ1v) is 15.4. The number of hydrogen-bond donors (Lipinski definition) is 1. The molecule has 3 aromatic carbocycles. The number of aromatic nitrogens is 2. The number of nitrogens with two attached hydrogens (primary N) is 1. The van der Waals surface area contributed by atoms with Crippen LogP contribution in [0.5, 0.6) is 11.5 Å². The standard InChI is InChI=1S/C30H31F2N5O4S/c1-36-13-5-12-30(32,19-36)29-34-28(35-41-29)24-14-26-27(15-25(24)31)42(38,39)18-21(33)17-37(26)16-20-8-10-23(11-9-20)40-22-6-3-2-4-7-22/h2-4,6-11,14-15,21H,5,12-13,16-19,33H2,1H3/t21-,30?/m1/s1. The smallest absolute Gasteiger partial charge is 0.265 e. The average Bonchev–Trinajstić information content (AvgIpc) is 3.42. The predicted octanol–water partition coefficient (Wildman–Crippen LogP) is 4.68. The molecule has 2 atom stereocenters. The van der Waals surface area contributed by atoms with Crippen LogP contribution in [0.1, 0.15) is 24.3 Å². The molecular formula is C30H31F2N5O4S. The van der Waals surface area contributed by atoms with E-state index in [1.807, 2.05) is 59.5 Å². The molecule has 3 heterocycles. The van der Waals surface area contributed by atoms with Gasteiger partial charge in [0.1, 0.15) is 17.3 Å². The van der Waals surface area contributed by atoms with E-state index < -0.39 is 27.4 Å². The second-order valence-corrected chi connectivity index (χ2v) is 13.0. The second-order valence-electron chi connectivity index (χ2n) is 11.0. The van der Waals surface area contributed by atoms with E-state index in [0.29, 0.717) is 24.5 Å². The van der Waals surface area contributed by atoms with Gasteiger partial charge in [0, 0.05) is 25.7 Å². The molecule has 0 aliphatic carbocycles. The molecule has 0 saturated carbocycles. The fourth-order valence-corrected chi connectivity index (χ4v) is 7.22. The Kier molecular flexibility index (Phi) is 7.46. The molecule has 9 nitrogen and oxygen atoms in total. The van der Waals surface area contributed by atoms with Crippen LogP contribution in [0.4, 0.5) is 14.5 Å². The van der Waals surface area contributed by atoms with Gasteiger partial charge in [-0.2, -0.15) is 4.98 Å². The quantitative estimate of drug-likeness (QED) is 0.339. The van der Waals surface area contributed by atoms with E-state index in [1.165, 1.54) is 6.07 Å². The highest BCUT2D eigenvalue weighted by atomic mass is 32.2. The van der Waals surface area contributed by atoms with Crippen molar-refractivity contribution in [2.75, 3.05) is 37.3 Å². The maximum atomic E-state index is 15.7. The van der Waals surface area contributed by atoms with Gasteiger partial charge in [0.05, 0.1) is 21.9 Å². The van der Waals surface area contributed by atoms with Gasteiger partial charge >= 0.3 is 0 Å². The molecule has 2 N–H and O–H groups in total. The van der Waals surface area contributed by atoms with E-state index in [9.17, 15) is 8.42 Å². The Morgan fingerprint density at radius 2 is 1.86 bits per heavy atom. The van der Waals surface area contributed by atoms with Crippen LogP contribution in [-0.4, -0.2) is 61.9 Å². The van der Waals surface area contributed by atoms with E-state index in [0.717, 1.165) is 18.2 Å². The summed E-state index contributed by atoms with van der Waals surface area (Å²) in [5.74, 6) is -0.199. The Hall–Kier alpha value is -3.87. The monoisotopic (exact) mass is 595 g/mol. The summed E-state index contributed by atoms with van der Waals surface area (Å²) in [5, 5.41) is 3.88. The van der Waals surface area contributed by atoms with Crippen molar-refractivity contribution in [3.8, 4) is 22.9 Å². The van der Waals surface area contributed by atoms with Gasteiger partial charge in [-0.1, -0.05) is 35.5 Å². The third-order valence-electron chi connectivity index (χ3n) is 7.57. The van der Waals surface area contributed by atoms with Crippen LogP contribution >= 0.6 is 0 Å². The summed E-state index contributed by atoms with van der Waals surface area (Å²) < 4.78 is 68.7. The largest absolute Gasteiger partial charge is 0.457 e. The third-order valence-corrected chi connectivity index (χ3v) is 9.44. The zero-order valence-corrected chi connectivity index (χ0v) is 23.9. The molecule has 2 aliphatic rings. The molecule has 220 valence electrons. The molecule has 1 unspecified atom stereocenters. The highest BCUT2D eigenvalue weighted by Gasteiger charge is 2.42. The number of hydrogen-bond acceptors (Lipinski definition) is 9. The lowest BCUT2D eigenvalue weighted by molar-refractivity contribution is 0.0267. The van der Waals surface area contributed by atoms with Crippen LogP contribution in [0.2, 0.25) is 0 Å². The predicted molar refractivity (Wildman–Crippen MR) is 153 cm³/mol. The topological polar surface area (TPSA) is 115 Å². The molecule has 0 radical (unpaired) electrons. The number of alkyl halides is 1. The number of anilines is 1. The summed E-state index contributed by atoms with van der Waals surface area (Å²) in [5.41, 5.74) is 5.42. The number of halogens is 2. The van der Waals surface area contributed by atoms with Gasteiger partial charge in [-0.25, -0.2) is 17.2 Å². The Bertz CT molecular complexity index is 1680. The number of para-hydroxylation sites is 1. The number of piperidine rings is 1. The van der Waals surface area contributed by atoms with Gasteiger partial charge in [-0.15, -0.1) is 0 Å². The van der Waals surface area contributed by atoms with Crippen molar-refractivity contribution >= 4 is 15.5 Å². The van der Waals surface area contributed by atoms with Gasteiger partial charge in [0.2, 0.25) is 11.5 Å². The fourth-order valence-electron chi connectivity index (χ4n) is 5.58. The van der Waals surface area contributed by atoms with Crippen molar-refractivity contribution in [2.45, 2.75) is 36.0 Å². The normalized spacial score (nSPS) is 22.4. The number of sulfone groups is 1. The first kappa shape index (κ1) is 28.3. The summed E-state index contributed by atoms with van der Waals surface area (Å²) in [7, 11) is -2.09. The van der Waals surface area contributed by atoms with Gasteiger partial charge in [0.25, 0.3) is 5.89 Å². The van der Waals surface area contributed by atoms with Crippen LogP contribution in [0.25, 0.3) is 11.4 Å². The first-order chi connectivity index (χ1) is 20.1. The van der Waals surface area contributed by atoms with Crippen molar-refractivity contribution in [3.05, 3.63) is 84.0 Å². The second kappa shape index (κ2) is 11.1.